The fourth-order valence-electron chi connectivity index (χ4n) is 1.71. The predicted octanol–water partition coefficient (Wildman–Crippen LogP) is 5.74. The van der Waals surface area contributed by atoms with Gasteiger partial charge in [-0.25, -0.2) is 0 Å². The number of hydrogen-bond donors (Lipinski definition) is 1. The molecule has 8 heteroatoms. The number of hydrogen-bond acceptors (Lipinski definition) is 2. The summed E-state index contributed by atoms with van der Waals surface area (Å²) in [5.74, 6) is 0. The van der Waals surface area contributed by atoms with E-state index in [9.17, 15) is 13.2 Å². The summed E-state index contributed by atoms with van der Waals surface area (Å²) in [6, 6.07) is 0. The van der Waals surface area contributed by atoms with Crippen molar-refractivity contribution in [2.24, 2.45) is 0 Å². The van der Waals surface area contributed by atoms with Crippen molar-refractivity contribution in [3.63, 3.8) is 0 Å². The van der Waals surface area contributed by atoms with Gasteiger partial charge in [0.1, 0.15) is 0 Å². The second kappa shape index (κ2) is 15.5. The molecule has 0 atom stereocenters. The summed E-state index contributed by atoms with van der Waals surface area (Å²) in [7, 11) is -5.84. The Balaban J connectivity index is 0. The number of alkyl halides is 3. The van der Waals surface area contributed by atoms with E-state index in [0.29, 0.717) is 0 Å². The van der Waals surface area contributed by atoms with E-state index >= 15 is 0 Å². The molecule has 2 aliphatic rings. The molecule has 0 fully saturated rings. The van der Waals surface area contributed by atoms with Crippen LogP contribution >= 0.6 is 0 Å². The Morgan fingerprint density at radius 1 is 0.600 bits per heavy atom. The Morgan fingerprint density at radius 3 is 0.800 bits per heavy atom. The Labute approximate surface area is 161 Å². The van der Waals surface area contributed by atoms with Crippen LogP contribution in [-0.4, -0.2) is 18.5 Å². The van der Waals surface area contributed by atoms with Crippen LogP contribution in [-0.2, 0) is 29.6 Å². The summed E-state index contributed by atoms with van der Waals surface area (Å²) >= 11 is 0. The summed E-state index contributed by atoms with van der Waals surface area (Å²) < 4.78 is 57.5. The monoisotopic (exact) mass is 469 g/mol. The Bertz CT molecular complexity index is 456. The molecule has 1 N–H and O–H groups in total. The molecule has 0 heterocycles. The number of halogens is 3. The SMILES string of the molecule is C1=CCCC=CCC1.C1=CCCC=CCC1.O=S(=O)(O)C(F)(F)F.[Rh]. The molecule has 0 spiro atoms. The van der Waals surface area contributed by atoms with Crippen LogP contribution < -0.4 is 0 Å². The molecule has 0 aliphatic heterocycles. The average molecular weight is 469 g/mol. The van der Waals surface area contributed by atoms with E-state index in [1.165, 1.54) is 51.4 Å². The Hall–Kier alpha value is -0.717. The molecule has 0 unspecified atom stereocenters. The molecule has 2 aliphatic carbocycles. The van der Waals surface area contributed by atoms with Crippen LogP contribution in [0.25, 0.3) is 0 Å². The summed E-state index contributed by atoms with van der Waals surface area (Å²) in [5, 5.41) is 0. The van der Waals surface area contributed by atoms with Gasteiger partial charge in [-0.1, -0.05) is 48.6 Å². The van der Waals surface area contributed by atoms with Crippen molar-refractivity contribution in [2.45, 2.75) is 56.9 Å². The minimum atomic E-state index is -5.84. The van der Waals surface area contributed by atoms with Gasteiger partial charge in [-0.05, 0) is 51.4 Å². The molecule has 0 bridgehead atoms. The summed E-state index contributed by atoms with van der Waals surface area (Å²) in [4.78, 5) is 0. The van der Waals surface area contributed by atoms with Crippen molar-refractivity contribution >= 4 is 10.1 Å². The fraction of sp³-hybridized carbons (Fsp3) is 0.529. The van der Waals surface area contributed by atoms with E-state index < -0.39 is 15.6 Å². The smallest absolute Gasteiger partial charge is 0.279 e. The van der Waals surface area contributed by atoms with E-state index in [4.69, 9.17) is 13.0 Å². The average Bonchev–Trinajstić information content (AvgIpc) is 2.35. The van der Waals surface area contributed by atoms with Gasteiger partial charge in [0.05, 0.1) is 0 Å². The molecule has 0 saturated carbocycles. The van der Waals surface area contributed by atoms with E-state index in [1.807, 2.05) is 0 Å². The van der Waals surface area contributed by atoms with Crippen molar-refractivity contribution in [1.29, 1.82) is 0 Å². The van der Waals surface area contributed by atoms with Gasteiger partial charge in [-0.3, -0.25) is 4.55 Å². The molecule has 0 saturated heterocycles. The first-order valence-corrected chi connectivity index (χ1v) is 9.33. The first-order chi connectivity index (χ1) is 11.2. The third kappa shape index (κ3) is 17.9. The molecule has 3 nitrogen and oxygen atoms in total. The second-order valence-corrected chi connectivity index (χ2v) is 6.53. The molecule has 1 radical (unpaired) electrons. The predicted molar refractivity (Wildman–Crippen MR) is 91.1 cm³/mol. The first-order valence-electron chi connectivity index (χ1n) is 7.89. The van der Waals surface area contributed by atoms with E-state index in [0.717, 1.165) is 0 Å². The molecule has 2 rings (SSSR count). The molecular formula is C17H25F3O3RhS. The number of rotatable bonds is 0. The molecule has 0 aromatic heterocycles. The summed E-state index contributed by atoms with van der Waals surface area (Å²) in [6.45, 7) is 0. The second-order valence-electron chi connectivity index (χ2n) is 5.12. The van der Waals surface area contributed by atoms with Gasteiger partial charge in [-0.15, -0.1) is 0 Å². The van der Waals surface area contributed by atoms with Crippen molar-refractivity contribution < 1.29 is 45.6 Å². The maximum atomic E-state index is 10.7. The van der Waals surface area contributed by atoms with Gasteiger partial charge in [0, 0.05) is 19.5 Å². The quantitative estimate of drug-likeness (QED) is 0.213. The van der Waals surface area contributed by atoms with Crippen LogP contribution in [0.3, 0.4) is 0 Å². The van der Waals surface area contributed by atoms with E-state index in [2.05, 4.69) is 48.6 Å². The summed E-state index contributed by atoms with van der Waals surface area (Å²) in [5.41, 5.74) is -5.53. The van der Waals surface area contributed by atoms with Crippen molar-refractivity contribution in [3.05, 3.63) is 48.6 Å². The zero-order valence-corrected chi connectivity index (χ0v) is 16.4. The molecule has 0 aromatic rings. The van der Waals surface area contributed by atoms with Crippen LogP contribution in [0, 0.1) is 0 Å². The molecule has 147 valence electrons. The van der Waals surface area contributed by atoms with Crippen molar-refractivity contribution in [2.75, 3.05) is 0 Å². The minimum absolute atomic E-state index is 0. The standard InChI is InChI=1S/2C8H12.CHF3O3S.Rh/c2*1-2-4-6-8-7-5-3-1;2-1(3,4)8(5,6)7;/h2*1-2,7-8H,3-6H2;(H,5,6,7);. The summed E-state index contributed by atoms with van der Waals surface area (Å²) in [6.07, 6.45) is 28.0. The first kappa shape index (κ1) is 26.5. The van der Waals surface area contributed by atoms with E-state index in [-0.39, 0.29) is 19.5 Å². The van der Waals surface area contributed by atoms with Gasteiger partial charge >= 0.3 is 15.6 Å². The Morgan fingerprint density at radius 2 is 0.720 bits per heavy atom. The van der Waals surface area contributed by atoms with Gasteiger partial charge in [0.2, 0.25) is 0 Å². The topological polar surface area (TPSA) is 54.4 Å². The third-order valence-electron chi connectivity index (χ3n) is 2.96. The zero-order valence-electron chi connectivity index (χ0n) is 13.9. The van der Waals surface area contributed by atoms with Gasteiger partial charge < -0.3 is 0 Å². The largest absolute Gasteiger partial charge is 0.522 e. The molecular weight excluding hydrogens is 444 g/mol. The van der Waals surface area contributed by atoms with Crippen LogP contribution in [0.4, 0.5) is 13.2 Å². The maximum Gasteiger partial charge on any atom is 0.522 e. The van der Waals surface area contributed by atoms with E-state index in [1.54, 1.807) is 0 Å². The Kier molecular flexibility index (Phi) is 16.5. The van der Waals surface area contributed by atoms with Crippen LogP contribution in [0.1, 0.15) is 51.4 Å². The number of allylic oxidation sites excluding steroid dienone is 8. The maximum absolute atomic E-state index is 10.7. The van der Waals surface area contributed by atoms with Crippen molar-refractivity contribution in [3.8, 4) is 0 Å². The van der Waals surface area contributed by atoms with Crippen LogP contribution in [0.15, 0.2) is 48.6 Å². The minimum Gasteiger partial charge on any atom is -0.279 e. The third-order valence-corrected chi connectivity index (χ3v) is 3.54. The molecule has 0 amide bonds. The van der Waals surface area contributed by atoms with Crippen molar-refractivity contribution in [1.82, 2.24) is 0 Å². The van der Waals surface area contributed by atoms with Crippen LogP contribution in [0.5, 0.6) is 0 Å². The zero-order chi connectivity index (χ0) is 18.3. The van der Waals surface area contributed by atoms with Gasteiger partial charge in [-0.2, -0.15) is 21.6 Å². The normalized spacial score (nSPS) is 17.3. The molecule has 0 aromatic carbocycles. The van der Waals surface area contributed by atoms with Crippen LogP contribution in [0.2, 0.25) is 0 Å². The van der Waals surface area contributed by atoms with Gasteiger partial charge in [0.25, 0.3) is 0 Å². The van der Waals surface area contributed by atoms with Gasteiger partial charge in [0.15, 0.2) is 0 Å². The fourth-order valence-corrected chi connectivity index (χ4v) is 1.71. The molecule has 25 heavy (non-hydrogen) atoms.